The maximum atomic E-state index is 12.3. The van der Waals surface area contributed by atoms with Crippen molar-refractivity contribution in [3.05, 3.63) is 0 Å². The molecule has 3 aliphatic heterocycles. The quantitative estimate of drug-likeness (QED) is 0.523. The van der Waals surface area contributed by atoms with E-state index in [0.29, 0.717) is 6.42 Å². The predicted molar refractivity (Wildman–Crippen MR) is 115 cm³/mol. The molecule has 3 fully saturated rings. The molecule has 8 heteroatoms. The summed E-state index contributed by atoms with van der Waals surface area (Å²) in [7, 11) is 5.52. The number of methoxy groups -OCH3 is 1. The molecule has 3 aliphatic rings. The number of piperidine rings is 1. The first kappa shape index (κ1) is 23.3. The largest absolute Gasteiger partial charge is 0.469 e. The molecule has 0 radical (unpaired) electrons. The zero-order valence-electron chi connectivity index (χ0n) is 19.1. The van der Waals surface area contributed by atoms with E-state index in [1.807, 2.05) is 11.9 Å². The minimum atomic E-state index is -0.190. The third-order valence-electron chi connectivity index (χ3n) is 7.14. The molecular weight excluding hydrogens is 384 g/mol. The van der Waals surface area contributed by atoms with Crippen LogP contribution in [0.3, 0.4) is 0 Å². The van der Waals surface area contributed by atoms with Gasteiger partial charge in [-0.1, -0.05) is 12.8 Å². The molecule has 0 spiro atoms. The minimum absolute atomic E-state index is 0.128. The van der Waals surface area contributed by atoms with E-state index in [1.54, 1.807) is 0 Å². The van der Waals surface area contributed by atoms with Gasteiger partial charge in [0.1, 0.15) is 0 Å². The van der Waals surface area contributed by atoms with Gasteiger partial charge in [-0.15, -0.1) is 0 Å². The summed E-state index contributed by atoms with van der Waals surface area (Å²) in [5.74, 6) is 0.689. The van der Waals surface area contributed by atoms with Crippen LogP contribution in [-0.4, -0.2) is 111 Å². The van der Waals surface area contributed by atoms with Gasteiger partial charge in [-0.3, -0.25) is 9.69 Å². The average molecular weight is 425 g/mol. The molecule has 3 rings (SSSR count). The second-order valence-corrected chi connectivity index (χ2v) is 9.19. The Morgan fingerprint density at radius 3 is 2.40 bits per heavy atom. The molecule has 0 bridgehead atoms. The van der Waals surface area contributed by atoms with Crippen molar-refractivity contribution in [1.29, 1.82) is 0 Å². The van der Waals surface area contributed by atoms with Crippen LogP contribution in [0.5, 0.6) is 0 Å². The number of hydrogen-bond acceptors (Lipinski definition) is 7. The summed E-state index contributed by atoms with van der Waals surface area (Å²) in [6.07, 6.45) is 7.01. The molecule has 0 aromatic rings. The van der Waals surface area contributed by atoms with E-state index in [9.17, 15) is 9.59 Å². The summed E-state index contributed by atoms with van der Waals surface area (Å²) in [6, 6.07) is 0.148. The third-order valence-corrected chi connectivity index (χ3v) is 7.14. The highest BCUT2D eigenvalue weighted by Crippen LogP contribution is 2.28. The average Bonchev–Trinajstić information content (AvgIpc) is 3.04. The fraction of sp³-hybridized carbons (Fsp3) is 0.909. The van der Waals surface area contributed by atoms with Crippen LogP contribution in [0.15, 0.2) is 0 Å². The van der Waals surface area contributed by atoms with Crippen LogP contribution in [0.4, 0.5) is 4.79 Å². The van der Waals surface area contributed by atoms with Crippen molar-refractivity contribution in [3.8, 4) is 0 Å². The lowest BCUT2D eigenvalue weighted by Gasteiger charge is -2.39. The van der Waals surface area contributed by atoms with E-state index in [4.69, 9.17) is 9.47 Å². The van der Waals surface area contributed by atoms with Crippen LogP contribution in [0.25, 0.3) is 0 Å². The van der Waals surface area contributed by atoms with E-state index >= 15 is 0 Å². The molecule has 0 aromatic carbocycles. The first-order valence-corrected chi connectivity index (χ1v) is 11.6. The van der Waals surface area contributed by atoms with E-state index < -0.39 is 0 Å². The first-order chi connectivity index (χ1) is 14.5. The topological polar surface area (TPSA) is 65.6 Å². The highest BCUT2D eigenvalue weighted by molar-refractivity contribution is 5.70. The summed E-state index contributed by atoms with van der Waals surface area (Å²) in [5, 5.41) is 0. The Kier molecular flexibility index (Phi) is 8.77. The Morgan fingerprint density at radius 1 is 1.03 bits per heavy atom. The lowest BCUT2D eigenvalue weighted by molar-refractivity contribution is -0.140. The molecule has 0 N–H and O–H groups in total. The van der Waals surface area contributed by atoms with E-state index in [2.05, 4.69) is 21.7 Å². The van der Waals surface area contributed by atoms with Crippen LogP contribution < -0.4 is 0 Å². The van der Waals surface area contributed by atoms with Gasteiger partial charge >= 0.3 is 12.1 Å². The SMILES string of the molecule is COC(=O)CCCN1CCN(C2OC(=O)N(C)C2CCCC2CCN(C)CC2)CC1. The van der Waals surface area contributed by atoms with Crippen LogP contribution in [0, 0.1) is 5.92 Å². The molecule has 172 valence electrons. The highest BCUT2D eigenvalue weighted by atomic mass is 16.6. The van der Waals surface area contributed by atoms with Gasteiger partial charge in [0.05, 0.1) is 13.2 Å². The second-order valence-electron chi connectivity index (χ2n) is 9.19. The van der Waals surface area contributed by atoms with Gasteiger partial charge < -0.3 is 24.2 Å². The lowest BCUT2D eigenvalue weighted by Crippen LogP contribution is -2.54. The number of ether oxygens (including phenoxy) is 2. The monoisotopic (exact) mass is 424 g/mol. The predicted octanol–water partition coefficient (Wildman–Crippen LogP) is 1.85. The summed E-state index contributed by atoms with van der Waals surface area (Å²) in [6.45, 7) is 7.02. The second kappa shape index (κ2) is 11.3. The van der Waals surface area contributed by atoms with Crippen molar-refractivity contribution < 1.29 is 19.1 Å². The van der Waals surface area contributed by atoms with E-state index in [0.717, 1.165) is 57.9 Å². The molecule has 3 heterocycles. The summed E-state index contributed by atoms with van der Waals surface area (Å²) >= 11 is 0. The minimum Gasteiger partial charge on any atom is -0.469 e. The Labute approximate surface area is 181 Å². The molecule has 0 saturated carbocycles. The lowest BCUT2D eigenvalue weighted by atomic mass is 9.90. The van der Waals surface area contributed by atoms with Gasteiger partial charge in [-0.05, 0) is 58.3 Å². The van der Waals surface area contributed by atoms with Gasteiger partial charge in [0.25, 0.3) is 0 Å². The molecule has 8 nitrogen and oxygen atoms in total. The third kappa shape index (κ3) is 6.31. The molecule has 2 unspecified atom stereocenters. The van der Waals surface area contributed by atoms with Crippen molar-refractivity contribution in [2.75, 3.05) is 67.0 Å². The summed E-state index contributed by atoms with van der Waals surface area (Å²) in [4.78, 5) is 32.5. The van der Waals surface area contributed by atoms with Gasteiger partial charge in [0.2, 0.25) is 0 Å². The number of likely N-dealkylation sites (N-methyl/N-ethyl adjacent to an activating group) is 1. The van der Waals surface area contributed by atoms with Crippen LogP contribution in [0.2, 0.25) is 0 Å². The number of amides is 1. The standard InChI is InChI=1S/C22H40N4O4/c1-23-12-9-18(10-13-23)6-4-7-19-21(30-22(28)24(19)2)26-16-14-25(15-17-26)11-5-8-20(27)29-3/h18-19,21H,4-17H2,1-3H3. The molecule has 0 aliphatic carbocycles. The first-order valence-electron chi connectivity index (χ1n) is 11.6. The zero-order chi connectivity index (χ0) is 21.5. The normalized spacial score (nSPS) is 27.4. The van der Waals surface area contributed by atoms with E-state index in [-0.39, 0.29) is 24.3 Å². The number of piperazine rings is 1. The summed E-state index contributed by atoms with van der Waals surface area (Å²) < 4.78 is 10.5. The maximum Gasteiger partial charge on any atom is 0.411 e. The van der Waals surface area contributed by atoms with Crippen molar-refractivity contribution in [2.24, 2.45) is 5.92 Å². The number of likely N-dealkylation sites (tertiary alicyclic amines) is 1. The molecule has 1 amide bonds. The molecule has 3 saturated heterocycles. The van der Waals surface area contributed by atoms with Crippen molar-refractivity contribution in [2.45, 2.75) is 57.2 Å². The fourth-order valence-electron chi connectivity index (χ4n) is 5.00. The Hall–Kier alpha value is -1.38. The zero-order valence-corrected chi connectivity index (χ0v) is 19.1. The number of nitrogens with zero attached hydrogens (tertiary/aromatic N) is 4. The molecule has 2 atom stereocenters. The molecular formula is C22H40N4O4. The Morgan fingerprint density at radius 2 is 1.73 bits per heavy atom. The number of carbonyl (C=O) groups is 2. The number of carbonyl (C=O) groups excluding carboxylic acids is 2. The Balaban J connectivity index is 1.41. The van der Waals surface area contributed by atoms with Crippen LogP contribution in [0.1, 0.15) is 44.9 Å². The number of esters is 1. The van der Waals surface area contributed by atoms with Gasteiger partial charge in [-0.2, -0.15) is 0 Å². The molecule has 30 heavy (non-hydrogen) atoms. The number of hydrogen-bond donors (Lipinski definition) is 0. The van der Waals surface area contributed by atoms with Gasteiger partial charge in [0.15, 0.2) is 6.23 Å². The van der Waals surface area contributed by atoms with Gasteiger partial charge in [0, 0.05) is 39.6 Å². The number of rotatable bonds is 9. The summed E-state index contributed by atoms with van der Waals surface area (Å²) in [5.41, 5.74) is 0. The maximum absolute atomic E-state index is 12.3. The smallest absolute Gasteiger partial charge is 0.411 e. The molecule has 0 aromatic heterocycles. The van der Waals surface area contributed by atoms with E-state index in [1.165, 1.54) is 39.5 Å². The fourth-order valence-corrected chi connectivity index (χ4v) is 5.00. The van der Waals surface area contributed by atoms with Crippen molar-refractivity contribution >= 4 is 12.1 Å². The highest BCUT2D eigenvalue weighted by Gasteiger charge is 2.43. The number of cyclic esters (lactones) is 1. The van der Waals surface area contributed by atoms with Gasteiger partial charge in [-0.25, -0.2) is 4.79 Å². The van der Waals surface area contributed by atoms with Crippen molar-refractivity contribution in [3.63, 3.8) is 0 Å². The van der Waals surface area contributed by atoms with Crippen LogP contribution in [-0.2, 0) is 14.3 Å². The van der Waals surface area contributed by atoms with Crippen LogP contribution >= 0.6 is 0 Å². The Bertz CT molecular complexity index is 559. The van der Waals surface area contributed by atoms with Crippen molar-refractivity contribution in [1.82, 2.24) is 19.6 Å².